The van der Waals surface area contributed by atoms with Gasteiger partial charge in [0, 0.05) is 32.9 Å². The molecule has 10 heteroatoms. The van der Waals surface area contributed by atoms with Crippen molar-refractivity contribution in [2.75, 3.05) is 49.2 Å². The summed E-state index contributed by atoms with van der Waals surface area (Å²) in [7, 11) is 0. The lowest BCUT2D eigenvalue weighted by Crippen LogP contribution is -2.35. The second-order valence-electron chi connectivity index (χ2n) is 6.89. The van der Waals surface area contributed by atoms with E-state index in [1.54, 1.807) is 12.1 Å². The molecule has 2 saturated heterocycles. The summed E-state index contributed by atoms with van der Waals surface area (Å²) in [6.07, 6.45) is 0.266. The van der Waals surface area contributed by atoms with Gasteiger partial charge in [-0.25, -0.2) is 9.18 Å². The van der Waals surface area contributed by atoms with Gasteiger partial charge in [0.25, 0.3) is 0 Å². The molecule has 2 fully saturated rings. The first kappa shape index (κ1) is 20.8. The summed E-state index contributed by atoms with van der Waals surface area (Å²) in [5, 5.41) is 15.3. The number of piperidine rings is 1. The summed E-state index contributed by atoms with van der Waals surface area (Å²) >= 11 is 0. The Balaban J connectivity index is 1.60. The number of hydrogen-bond acceptors (Lipinski definition) is 7. The van der Waals surface area contributed by atoms with Gasteiger partial charge in [0.05, 0.1) is 36.8 Å². The van der Waals surface area contributed by atoms with E-state index in [0.29, 0.717) is 37.3 Å². The average molecular weight is 408 g/mol. The molecule has 0 unspecified atom stereocenters. The lowest BCUT2D eigenvalue weighted by Gasteiger charge is -2.30. The van der Waals surface area contributed by atoms with E-state index < -0.39 is 18.0 Å². The smallest absolute Gasteiger partial charge is 0.414 e. The molecule has 2 heterocycles. The lowest BCUT2D eigenvalue weighted by atomic mass is 10.1. The minimum absolute atomic E-state index is 0.0843. The highest BCUT2D eigenvalue weighted by molar-refractivity contribution is 5.90. The normalized spacial score (nSPS) is 19.2. The van der Waals surface area contributed by atoms with Crippen molar-refractivity contribution in [3.05, 3.63) is 24.0 Å². The van der Waals surface area contributed by atoms with E-state index in [4.69, 9.17) is 14.7 Å². The van der Waals surface area contributed by atoms with E-state index in [1.165, 1.54) is 17.9 Å². The topological polar surface area (TPSA) is 104 Å². The van der Waals surface area contributed by atoms with Crippen LogP contribution in [0.2, 0.25) is 0 Å². The number of cyclic esters (lactones) is 1. The maximum atomic E-state index is 14.8. The fourth-order valence-electron chi connectivity index (χ4n) is 3.29. The highest BCUT2D eigenvalue weighted by atomic mass is 19.1. The number of halogens is 1. The summed E-state index contributed by atoms with van der Waals surface area (Å²) in [5.41, 5.74) is 1.77. The quantitative estimate of drug-likeness (QED) is 0.520. The van der Waals surface area contributed by atoms with Crippen molar-refractivity contribution < 1.29 is 28.7 Å². The van der Waals surface area contributed by atoms with E-state index in [1.807, 2.05) is 4.90 Å². The molecule has 0 spiro atoms. The lowest BCUT2D eigenvalue weighted by molar-refractivity contribution is -0.119. The molecular weight excluding hydrogens is 383 g/mol. The Hall–Kier alpha value is -2.88. The second kappa shape index (κ2) is 9.55. The number of amides is 2. The highest BCUT2D eigenvalue weighted by Crippen LogP contribution is 2.29. The zero-order chi connectivity index (χ0) is 20.8. The Morgan fingerprint density at radius 1 is 1.41 bits per heavy atom. The average Bonchev–Trinajstić information content (AvgIpc) is 3.08. The molecule has 158 valence electrons. The summed E-state index contributed by atoms with van der Waals surface area (Å²) in [5.74, 6) is -0.623. The number of aliphatic hydroxyl groups excluding tert-OH is 1. The van der Waals surface area contributed by atoms with Crippen LogP contribution < -0.4 is 15.1 Å². The van der Waals surface area contributed by atoms with Gasteiger partial charge in [-0.3, -0.25) is 9.69 Å². The van der Waals surface area contributed by atoms with Gasteiger partial charge in [0.15, 0.2) is 0 Å². The molecule has 0 saturated carbocycles. The van der Waals surface area contributed by atoms with Gasteiger partial charge < -0.3 is 24.9 Å². The third kappa shape index (κ3) is 5.35. The van der Waals surface area contributed by atoms with Crippen molar-refractivity contribution in [3.8, 4) is 0 Å². The van der Waals surface area contributed by atoms with Gasteiger partial charge in [0.1, 0.15) is 18.5 Å². The number of nitrogens with zero attached hydrogens (tertiary/aromatic N) is 3. The van der Waals surface area contributed by atoms with Gasteiger partial charge in [-0.15, -0.1) is 0 Å². The number of nitrogens with one attached hydrogen (secondary N) is 1. The van der Waals surface area contributed by atoms with Crippen LogP contribution in [0, 0.1) is 5.82 Å². The molecule has 0 aliphatic carbocycles. The maximum Gasteiger partial charge on any atom is 0.414 e. The van der Waals surface area contributed by atoms with Crippen LogP contribution in [0.25, 0.3) is 0 Å². The number of carbonyl (C=O) groups is 2. The second-order valence-corrected chi connectivity index (χ2v) is 6.89. The predicted molar refractivity (Wildman–Crippen MR) is 105 cm³/mol. The minimum Gasteiger partial charge on any atom is -0.442 e. The number of hydrogen-bond donors (Lipinski definition) is 2. The van der Waals surface area contributed by atoms with E-state index in [0.717, 1.165) is 5.71 Å². The van der Waals surface area contributed by atoms with Gasteiger partial charge in [0.2, 0.25) is 5.91 Å². The predicted octanol–water partition coefficient (Wildman–Crippen LogP) is 1.25. The number of carbonyl (C=O) groups excluding carboxylic acids is 2. The first-order chi connectivity index (χ1) is 14.0. The highest BCUT2D eigenvalue weighted by Gasteiger charge is 2.33. The molecule has 2 amide bonds. The minimum atomic E-state index is -0.561. The molecule has 3 rings (SSSR count). The van der Waals surface area contributed by atoms with Crippen molar-refractivity contribution in [1.29, 1.82) is 0 Å². The molecule has 1 atom stereocenters. The molecule has 2 N–H and O–H groups in total. The van der Waals surface area contributed by atoms with Crippen molar-refractivity contribution in [2.45, 2.75) is 25.9 Å². The van der Waals surface area contributed by atoms with Crippen LogP contribution in [0.1, 0.15) is 19.8 Å². The monoisotopic (exact) mass is 408 g/mol. The van der Waals surface area contributed by atoms with Gasteiger partial charge in [-0.1, -0.05) is 5.16 Å². The first-order valence-corrected chi connectivity index (χ1v) is 9.53. The molecule has 1 aromatic carbocycles. The molecule has 9 nitrogen and oxygen atoms in total. The van der Waals surface area contributed by atoms with Crippen LogP contribution >= 0.6 is 0 Å². The molecule has 0 aromatic heterocycles. The van der Waals surface area contributed by atoms with Crippen LogP contribution in [0.15, 0.2) is 23.4 Å². The number of aliphatic hydroxyl groups is 1. The Labute approximate surface area is 168 Å². The first-order valence-electron chi connectivity index (χ1n) is 9.53. The number of benzene rings is 1. The molecule has 0 bridgehead atoms. The van der Waals surface area contributed by atoms with Crippen molar-refractivity contribution in [2.24, 2.45) is 5.16 Å². The fourth-order valence-corrected chi connectivity index (χ4v) is 3.29. The molecule has 2 aliphatic rings. The molecule has 2 aliphatic heterocycles. The van der Waals surface area contributed by atoms with E-state index in [2.05, 4.69) is 10.5 Å². The zero-order valence-electron chi connectivity index (χ0n) is 16.3. The van der Waals surface area contributed by atoms with E-state index >= 15 is 0 Å². The van der Waals surface area contributed by atoms with Crippen molar-refractivity contribution >= 4 is 29.1 Å². The Bertz CT molecular complexity index is 778. The van der Waals surface area contributed by atoms with Gasteiger partial charge >= 0.3 is 6.09 Å². The van der Waals surface area contributed by atoms with Crippen LogP contribution in [-0.4, -0.2) is 68.3 Å². The van der Waals surface area contributed by atoms with Crippen LogP contribution in [0.3, 0.4) is 0 Å². The van der Waals surface area contributed by atoms with Crippen LogP contribution in [0.5, 0.6) is 0 Å². The van der Waals surface area contributed by atoms with E-state index in [-0.39, 0.29) is 32.2 Å². The van der Waals surface area contributed by atoms with Crippen molar-refractivity contribution in [3.63, 3.8) is 0 Å². The number of ether oxygens (including phenoxy) is 1. The molecule has 29 heavy (non-hydrogen) atoms. The maximum absolute atomic E-state index is 14.8. The summed E-state index contributed by atoms with van der Waals surface area (Å²) in [6, 6.07) is 4.67. The Morgan fingerprint density at radius 2 is 2.17 bits per heavy atom. The molecule has 0 radical (unpaired) electrons. The SMILES string of the molecule is CC(=O)NC[C@H]1CN(c2ccc(N3CCC(=NOCCO)CC3)c(F)c2)C(=O)O1. The Morgan fingerprint density at radius 3 is 2.83 bits per heavy atom. The summed E-state index contributed by atoms with van der Waals surface area (Å²) < 4.78 is 20.0. The van der Waals surface area contributed by atoms with Crippen molar-refractivity contribution in [1.82, 2.24) is 5.32 Å². The zero-order valence-corrected chi connectivity index (χ0v) is 16.3. The molecular formula is C19H25FN4O5. The van der Waals surface area contributed by atoms with Crippen LogP contribution in [-0.2, 0) is 14.4 Å². The largest absolute Gasteiger partial charge is 0.442 e. The van der Waals surface area contributed by atoms with E-state index in [9.17, 15) is 14.0 Å². The third-order valence-electron chi connectivity index (χ3n) is 4.75. The van der Waals surface area contributed by atoms with Gasteiger partial charge in [-0.2, -0.15) is 0 Å². The summed E-state index contributed by atoms with van der Waals surface area (Å²) in [4.78, 5) is 31.4. The Kier molecular flexibility index (Phi) is 6.86. The molecule has 1 aromatic rings. The standard InChI is InChI=1S/C19H25FN4O5/c1-13(26)21-11-16-12-24(19(27)29-16)15-2-3-18(17(20)10-15)23-6-4-14(5-7-23)22-28-9-8-25/h2-3,10,16,25H,4-9,11-12H2,1H3,(H,21,26)/t16-/m0/s1. The van der Waals surface area contributed by atoms with Gasteiger partial charge in [-0.05, 0) is 18.2 Å². The van der Waals surface area contributed by atoms with Crippen LogP contribution in [0.4, 0.5) is 20.6 Å². The fraction of sp³-hybridized carbons (Fsp3) is 0.526. The third-order valence-corrected chi connectivity index (χ3v) is 4.75. The summed E-state index contributed by atoms with van der Waals surface area (Å²) in [6.45, 7) is 3.13. The number of anilines is 2. The number of oxime groups is 1. The number of rotatable bonds is 7.